The van der Waals surface area contributed by atoms with Crippen LogP contribution in [-0.4, -0.2) is 52.7 Å². The fourth-order valence-corrected chi connectivity index (χ4v) is 4.02. The van der Waals surface area contributed by atoms with E-state index in [0.717, 1.165) is 10.5 Å². The monoisotopic (exact) mass is 425 g/mol. The number of benzene rings is 2. The second-order valence-electron chi connectivity index (χ2n) is 7.06. The van der Waals surface area contributed by atoms with E-state index in [4.69, 9.17) is 0 Å². The van der Waals surface area contributed by atoms with Crippen molar-refractivity contribution in [2.75, 3.05) is 26.2 Å². The highest BCUT2D eigenvalue weighted by atomic mass is 32.2. The second-order valence-corrected chi connectivity index (χ2v) is 8.18. The fraction of sp³-hybridized carbons (Fsp3) is 0.273. The number of carbonyl (C=O) groups excluding carboxylic acids is 2. The maximum atomic E-state index is 12.4. The summed E-state index contributed by atoms with van der Waals surface area (Å²) >= 11 is 1.34. The van der Waals surface area contributed by atoms with Gasteiger partial charge in [0.25, 0.3) is 5.69 Å². The molecule has 0 saturated carbocycles. The predicted octanol–water partition coefficient (Wildman–Crippen LogP) is 3.76. The van der Waals surface area contributed by atoms with Crippen LogP contribution in [0.5, 0.6) is 0 Å². The largest absolute Gasteiger partial charge is 0.339 e. The molecule has 0 aliphatic carbocycles. The molecular weight excluding hydrogens is 402 g/mol. The third-order valence-electron chi connectivity index (χ3n) is 4.88. The molecule has 0 atom stereocenters. The van der Waals surface area contributed by atoms with Crippen molar-refractivity contribution in [2.45, 2.75) is 23.6 Å². The van der Waals surface area contributed by atoms with E-state index in [0.29, 0.717) is 36.6 Å². The summed E-state index contributed by atoms with van der Waals surface area (Å²) in [6.07, 6.45) is 3.02. The molecule has 0 N–H and O–H groups in total. The van der Waals surface area contributed by atoms with Gasteiger partial charge in [0.15, 0.2) is 0 Å². The average Bonchev–Trinajstić information content (AvgIpc) is 2.74. The maximum Gasteiger partial charge on any atom is 0.283 e. The van der Waals surface area contributed by atoms with Crippen LogP contribution in [0.1, 0.15) is 18.1 Å². The van der Waals surface area contributed by atoms with Gasteiger partial charge in [0.05, 0.1) is 9.82 Å². The van der Waals surface area contributed by atoms with Crippen molar-refractivity contribution in [2.24, 2.45) is 0 Å². The topological polar surface area (TPSA) is 83.8 Å². The number of nitro benzene ring substituents is 1. The van der Waals surface area contributed by atoms with E-state index in [1.807, 2.05) is 31.2 Å². The molecule has 1 fully saturated rings. The lowest BCUT2D eigenvalue weighted by molar-refractivity contribution is -0.387. The Morgan fingerprint density at radius 3 is 2.27 bits per heavy atom. The van der Waals surface area contributed by atoms with E-state index in [-0.39, 0.29) is 17.5 Å². The molecule has 3 rings (SSSR count). The molecule has 0 aromatic heterocycles. The Morgan fingerprint density at radius 2 is 1.67 bits per heavy atom. The highest BCUT2D eigenvalue weighted by Gasteiger charge is 2.21. The summed E-state index contributed by atoms with van der Waals surface area (Å²) in [7, 11) is 0. The van der Waals surface area contributed by atoms with Crippen LogP contribution in [0.2, 0.25) is 0 Å². The van der Waals surface area contributed by atoms with Gasteiger partial charge in [-0.25, -0.2) is 0 Å². The Balaban J connectivity index is 1.69. The van der Waals surface area contributed by atoms with Crippen molar-refractivity contribution in [1.82, 2.24) is 9.80 Å². The van der Waals surface area contributed by atoms with Crippen LogP contribution < -0.4 is 0 Å². The van der Waals surface area contributed by atoms with Gasteiger partial charge in [-0.05, 0) is 36.8 Å². The Kier molecular flexibility index (Phi) is 6.89. The number of hydrogen-bond acceptors (Lipinski definition) is 5. The summed E-state index contributed by atoms with van der Waals surface area (Å²) in [5.41, 5.74) is 1.72. The Hall–Kier alpha value is -3.13. The van der Waals surface area contributed by atoms with Gasteiger partial charge in [0, 0.05) is 50.1 Å². The van der Waals surface area contributed by atoms with E-state index in [1.165, 1.54) is 30.8 Å². The Bertz CT molecular complexity index is 980. The third-order valence-corrected chi connectivity index (χ3v) is 5.96. The molecule has 2 aromatic rings. The summed E-state index contributed by atoms with van der Waals surface area (Å²) < 4.78 is 0. The molecule has 0 radical (unpaired) electrons. The first-order valence-corrected chi connectivity index (χ1v) is 10.4. The molecule has 0 bridgehead atoms. The molecule has 0 unspecified atom stereocenters. The SMILES string of the molecule is CC(=O)N1CCN(C(=O)/C=C/c2ccc(Sc3ccc(C)cc3)c([N+](=O)[O-])c2)CC1. The van der Waals surface area contributed by atoms with Crippen LogP contribution in [0.25, 0.3) is 6.08 Å². The van der Waals surface area contributed by atoms with Crippen molar-refractivity contribution in [3.05, 3.63) is 69.8 Å². The zero-order valence-electron chi connectivity index (χ0n) is 16.9. The molecule has 1 aliphatic heterocycles. The summed E-state index contributed by atoms with van der Waals surface area (Å²) in [5, 5.41) is 11.6. The molecule has 1 saturated heterocycles. The highest BCUT2D eigenvalue weighted by Crippen LogP contribution is 2.35. The molecule has 1 aliphatic rings. The van der Waals surface area contributed by atoms with Gasteiger partial charge in [-0.15, -0.1) is 0 Å². The molecule has 30 heavy (non-hydrogen) atoms. The van der Waals surface area contributed by atoms with Crippen molar-refractivity contribution in [3.63, 3.8) is 0 Å². The summed E-state index contributed by atoms with van der Waals surface area (Å²) in [4.78, 5) is 39.8. The van der Waals surface area contributed by atoms with Crippen LogP contribution in [0.4, 0.5) is 5.69 Å². The van der Waals surface area contributed by atoms with E-state index in [2.05, 4.69) is 0 Å². The maximum absolute atomic E-state index is 12.4. The van der Waals surface area contributed by atoms with E-state index < -0.39 is 4.92 Å². The first kappa shape index (κ1) is 21.6. The van der Waals surface area contributed by atoms with Crippen molar-refractivity contribution in [1.29, 1.82) is 0 Å². The van der Waals surface area contributed by atoms with E-state index in [9.17, 15) is 19.7 Å². The number of nitro groups is 1. The Morgan fingerprint density at radius 1 is 1.03 bits per heavy atom. The summed E-state index contributed by atoms with van der Waals surface area (Å²) in [5.74, 6) is -0.160. The van der Waals surface area contributed by atoms with Crippen molar-refractivity contribution >= 4 is 35.3 Å². The molecule has 7 nitrogen and oxygen atoms in total. The summed E-state index contributed by atoms with van der Waals surface area (Å²) in [6, 6.07) is 12.7. The van der Waals surface area contributed by atoms with Gasteiger partial charge in [0.1, 0.15) is 0 Å². The first-order chi connectivity index (χ1) is 14.3. The smallest absolute Gasteiger partial charge is 0.283 e. The van der Waals surface area contributed by atoms with Gasteiger partial charge in [-0.3, -0.25) is 19.7 Å². The number of piperazine rings is 1. The minimum atomic E-state index is -0.406. The minimum Gasteiger partial charge on any atom is -0.339 e. The third kappa shape index (κ3) is 5.48. The molecular formula is C22H23N3O4S. The Labute approximate surface area is 179 Å². The van der Waals surface area contributed by atoms with Gasteiger partial charge in [-0.2, -0.15) is 0 Å². The molecule has 0 spiro atoms. The van der Waals surface area contributed by atoms with Gasteiger partial charge >= 0.3 is 0 Å². The zero-order chi connectivity index (χ0) is 21.7. The highest BCUT2D eigenvalue weighted by molar-refractivity contribution is 7.99. The van der Waals surface area contributed by atoms with Gasteiger partial charge < -0.3 is 9.80 Å². The number of nitrogens with zero attached hydrogens (tertiary/aromatic N) is 3. The standard InChI is InChI=1S/C22H23N3O4S/c1-16-3-7-19(8-4-16)30-21-9-5-18(15-20(21)25(28)29)6-10-22(27)24-13-11-23(12-14-24)17(2)26/h3-10,15H,11-14H2,1-2H3/b10-6+. The van der Waals surface area contributed by atoms with Crippen LogP contribution in [0.3, 0.4) is 0 Å². The lowest BCUT2D eigenvalue weighted by atomic mass is 10.2. The predicted molar refractivity (Wildman–Crippen MR) is 116 cm³/mol. The lowest BCUT2D eigenvalue weighted by Crippen LogP contribution is -2.49. The zero-order valence-corrected chi connectivity index (χ0v) is 17.7. The van der Waals surface area contributed by atoms with Gasteiger partial charge in [0.2, 0.25) is 11.8 Å². The fourth-order valence-electron chi connectivity index (χ4n) is 3.11. The number of rotatable bonds is 5. The molecule has 156 valence electrons. The number of aryl methyl sites for hydroxylation is 1. The van der Waals surface area contributed by atoms with E-state index in [1.54, 1.807) is 28.0 Å². The number of carbonyl (C=O) groups is 2. The van der Waals surface area contributed by atoms with Crippen molar-refractivity contribution < 1.29 is 14.5 Å². The van der Waals surface area contributed by atoms with Crippen LogP contribution >= 0.6 is 11.8 Å². The quantitative estimate of drug-likeness (QED) is 0.414. The van der Waals surface area contributed by atoms with Crippen molar-refractivity contribution in [3.8, 4) is 0 Å². The van der Waals surface area contributed by atoms with Crippen LogP contribution in [0.15, 0.2) is 58.3 Å². The molecule has 8 heteroatoms. The number of amides is 2. The van der Waals surface area contributed by atoms with Crippen LogP contribution in [-0.2, 0) is 9.59 Å². The molecule has 2 aromatic carbocycles. The lowest BCUT2D eigenvalue weighted by Gasteiger charge is -2.33. The molecule has 2 amide bonds. The summed E-state index contributed by atoms with van der Waals surface area (Å²) in [6.45, 7) is 5.51. The van der Waals surface area contributed by atoms with E-state index >= 15 is 0 Å². The number of hydrogen-bond donors (Lipinski definition) is 0. The van der Waals surface area contributed by atoms with Gasteiger partial charge in [-0.1, -0.05) is 35.5 Å². The average molecular weight is 426 g/mol. The van der Waals surface area contributed by atoms with Crippen LogP contribution in [0, 0.1) is 17.0 Å². The first-order valence-electron chi connectivity index (χ1n) is 9.59. The normalized spacial score (nSPS) is 14.2. The second kappa shape index (κ2) is 9.58. The minimum absolute atomic E-state index is 0.00486. The molecule has 1 heterocycles.